The molecule has 1 N–H and O–H groups in total. The van der Waals surface area contributed by atoms with Gasteiger partial charge in [-0.25, -0.2) is 4.79 Å². The van der Waals surface area contributed by atoms with Crippen LogP contribution in [0.25, 0.3) is 0 Å². The molecule has 1 aliphatic rings. The van der Waals surface area contributed by atoms with Crippen molar-refractivity contribution in [1.29, 1.82) is 0 Å². The number of carbonyl (C=O) groups excluding carboxylic acids is 2. The molecule has 1 heterocycles. The van der Waals surface area contributed by atoms with Crippen molar-refractivity contribution in [2.24, 2.45) is 0 Å². The average molecular weight is 280 g/mol. The molecule has 0 spiro atoms. The number of nitrogens with zero attached hydrogens (tertiary/aromatic N) is 1. The Hall–Kier alpha value is -2.62. The van der Waals surface area contributed by atoms with Crippen molar-refractivity contribution < 1.29 is 9.59 Å². The topological polar surface area (TPSA) is 49.4 Å². The summed E-state index contributed by atoms with van der Waals surface area (Å²) in [7, 11) is 0. The Morgan fingerprint density at radius 3 is 2.14 bits per heavy atom. The summed E-state index contributed by atoms with van der Waals surface area (Å²) in [5.41, 5.74) is 1.74. The molecule has 4 heteroatoms. The summed E-state index contributed by atoms with van der Waals surface area (Å²) in [4.78, 5) is 26.0. The first-order valence-electron chi connectivity index (χ1n) is 6.92. The number of hydrogen-bond donors (Lipinski definition) is 1. The van der Waals surface area contributed by atoms with Gasteiger partial charge in [-0.15, -0.1) is 0 Å². The van der Waals surface area contributed by atoms with Crippen LogP contribution in [0.15, 0.2) is 60.7 Å². The third-order valence-electron chi connectivity index (χ3n) is 3.77. The number of carbonyl (C=O) groups is 2. The van der Waals surface area contributed by atoms with E-state index in [2.05, 4.69) is 5.32 Å². The fraction of sp³-hybridized carbons (Fsp3) is 0.176. The van der Waals surface area contributed by atoms with Gasteiger partial charge >= 0.3 is 6.03 Å². The minimum Gasteiger partial charge on any atom is -0.322 e. The van der Waals surface area contributed by atoms with Gasteiger partial charge in [0.2, 0.25) is 0 Å². The van der Waals surface area contributed by atoms with E-state index in [4.69, 9.17) is 0 Å². The van der Waals surface area contributed by atoms with Crippen LogP contribution in [-0.2, 0) is 4.79 Å². The predicted octanol–water partition coefficient (Wildman–Crippen LogP) is 3.04. The fourth-order valence-corrected chi connectivity index (χ4v) is 2.61. The third-order valence-corrected chi connectivity index (χ3v) is 3.77. The Balaban J connectivity index is 1.88. The van der Waals surface area contributed by atoms with Crippen molar-refractivity contribution in [3.05, 3.63) is 71.8 Å². The molecular weight excluding hydrogens is 264 g/mol. The lowest BCUT2D eigenvalue weighted by Gasteiger charge is -2.21. The number of urea groups is 1. The van der Waals surface area contributed by atoms with Gasteiger partial charge in [0.1, 0.15) is 6.04 Å². The SMILES string of the molecule is CC(c1ccccc1)N1C(=O)NC(c2ccccc2)C1=O. The second-order valence-corrected chi connectivity index (χ2v) is 5.09. The second kappa shape index (κ2) is 5.40. The Morgan fingerprint density at radius 1 is 0.952 bits per heavy atom. The zero-order chi connectivity index (χ0) is 14.8. The molecule has 21 heavy (non-hydrogen) atoms. The van der Waals surface area contributed by atoms with Crippen molar-refractivity contribution in [1.82, 2.24) is 10.2 Å². The fourth-order valence-electron chi connectivity index (χ4n) is 2.61. The number of benzene rings is 2. The van der Waals surface area contributed by atoms with E-state index in [1.165, 1.54) is 4.90 Å². The quantitative estimate of drug-likeness (QED) is 0.878. The molecule has 2 atom stereocenters. The van der Waals surface area contributed by atoms with Gasteiger partial charge < -0.3 is 5.32 Å². The average Bonchev–Trinajstić information content (AvgIpc) is 2.83. The maximum Gasteiger partial charge on any atom is 0.325 e. The first kappa shape index (κ1) is 13.4. The van der Waals surface area contributed by atoms with Crippen molar-refractivity contribution in [3.63, 3.8) is 0 Å². The number of imide groups is 1. The molecule has 0 bridgehead atoms. The molecule has 2 aromatic rings. The van der Waals surface area contributed by atoms with Crippen LogP contribution in [0.5, 0.6) is 0 Å². The van der Waals surface area contributed by atoms with E-state index in [0.29, 0.717) is 0 Å². The zero-order valence-corrected chi connectivity index (χ0v) is 11.7. The van der Waals surface area contributed by atoms with Gasteiger partial charge in [0.25, 0.3) is 5.91 Å². The molecule has 1 saturated heterocycles. The molecule has 1 aliphatic heterocycles. The maximum atomic E-state index is 12.6. The largest absolute Gasteiger partial charge is 0.325 e. The number of nitrogens with one attached hydrogen (secondary N) is 1. The van der Waals surface area contributed by atoms with Gasteiger partial charge in [-0.3, -0.25) is 9.69 Å². The molecule has 106 valence electrons. The molecule has 0 aromatic heterocycles. The van der Waals surface area contributed by atoms with E-state index in [-0.39, 0.29) is 18.0 Å². The summed E-state index contributed by atoms with van der Waals surface area (Å²) in [5, 5.41) is 2.76. The first-order valence-corrected chi connectivity index (χ1v) is 6.92. The maximum absolute atomic E-state index is 12.6. The highest BCUT2D eigenvalue weighted by molar-refractivity contribution is 6.05. The van der Waals surface area contributed by atoms with Crippen molar-refractivity contribution in [2.45, 2.75) is 19.0 Å². The Morgan fingerprint density at radius 2 is 1.52 bits per heavy atom. The Bertz CT molecular complexity index is 655. The summed E-state index contributed by atoms with van der Waals surface area (Å²) in [5.74, 6) is -0.206. The molecule has 2 aromatic carbocycles. The molecule has 3 rings (SSSR count). The minimum absolute atomic E-state index is 0.206. The molecule has 3 amide bonds. The molecule has 1 fully saturated rings. The van der Waals surface area contributed by atoms with Gasteiger partial charge in [-0.1, -0.05) is 60.7 Å². The van der Waals surface area contributed by atoms with Crippen LogP contribution in [0.2, 0.25) is 0 Å². The van der Waals surface area contributed by atoms with Crippen LogP contribution >= 0.6 is 0 Å². The molecule has 0 saturated carbocycles. The summed E-state index contributed by atoms with van der Waals surface area (Å²) in [6.45, 7) is 1.86. The molecular formula is C17H16N2O2. The van der Waals surface area contributed by atoms with Crippen LogP contribution < -0.4 is 5.32 Å². The van der Waals surface area contributed by atoms with Crippen LogP contribution in [0.3, 0.4) is 0 Å². The highest BCUT2D eigenvalue weighted by Crippen LogP contribution is 2.29. The van der Waals surface area contributed by atoms with Gasteiger partial charge in [0, 0.05) is 0 Å². The van der Waals surface area contributed by atoms with Gasteiger partial charge in [0.15, 0.2) is 0 Å². The normalized spacial score (nSPS) is 19.5. The van der Waals surface area contributed by atoms with E-state index in [1.807, 2.05) is 67.6 Å². The van der Waals surface area contributed by atoms with Crippen molar-refractivity contribution in [3.8, 4) is 0 Å². The zero-order valence-electron chi connectivity index (χ0n) is 11.7. The highest BCUT2D eigenvalue weighted by Gasteiger charge is 2.41. The number of amides is 3. The summed E-state index contributed by atoms with van der Waals surface area (Å²) < 4.78 is 0. The number of rotatable bonds is 3. The van der Waals surface area contributed by atoms with Gasteiger partial charge in [0.05, 0.1) is 6.04 Å². The van der Waals surface area contributed by atoms with E-state index >= 15 is 0 Å². The number of hydrogen-bond acceptors (Lipinski definition) is 2. The smallest absolute Gasteiger partial charge is 0.322 e. The van der Waals surface area contributed by atoms with E-state index in [1.54, 1.807) is 0 Å². The molecule has 0 aliphatic carbocycles. The Labute approximate surface area is 123 Å². The molecule has 0 radical (unpaired) electrons. The van der Waals surface area contributed by atoms with Crippen LogP contribution in [-0.4, -0.2) is 16.8 Å². The van der Waals surface area contributed by atoms with Gasteiger partial charge in [-0.05, 0) is 18.1 Å². The van der Waals surface area contributed by atoms with Crippen LogP contribution in [0.4, 0.5) is 4.79 Å². The van der Waals surface area contributed by atoms with Crippen LogP contribution in [0.1, 0.15) is 30.1 Å². The summed E-state index contributed by atoms with van der Waals surface area (Å²) in [6, 6.07) is 17.6. The highest BCUT2D eigenvalue weighted by atomic mass is 16.2. The first-order chi connectivity index (χ1) is 10.2. The third kappa shape index (κ3) is 2.40. The second-order valence-electron chi connectivity index (χ2n) is 5.09. The standard InChI is InChI=1S/C17H16N2O2/c1-12(13-8-4-2-5-9-13)19-16(20)15(18-17(19)21)14-10-6-3-7-11-14/h2-12,15H,1H3,(H,18,21). The predicted molar refractivity (Wildman–Crippen MR) is 79.4 cm³/mol. The monoisotopic (exact) mass is 280 g/mol. The minimum atomic E-state index is -0.593. The van der Waals surface area contributed by atoms with Gasteiger partial charge in [-0.2, -0.15) is 0 Å². The Kier molecular flexibility index (Phi) is 3.44. The lowest BCUT2D eigenvalue weighted by molar-refractivity contribution is -0.129. The van der Waals surface area contributed by atoms with Crippen molar-refractivity contribution >= 4 is 11.9 Å². The van der Waals surface area contributed by atoms with E-state index in [0.717, 1.165) is 11.1 Å². The van der Waals surface area contributed by atoms with E-state index < -0.39 is 6.04 Å². The summed E-state index contributed by atoms with van der Waals surface area (Å²) in [6.07, 6.45) is 0. The van der Waals surface area contributed by atoms with E-state index in [9.17, 15) is 9.59 Å². The van der Waals surface area contributed by atoms with Crippen LogP contribution in [0, 0.1) is 0 Å². The molecule has 4 nitrogen and oxygen atoms in total. The summed E-state index contributed by atoms with van der Waals surface area (Å²) >= 11 is 0. The lowest BCUT2D eigenvalue weighted by atomic mass is 10.0. The lowest BCUT2D eigenvalue weighted by Crippen LogP contribution is -2.33. The molecule has 2 unspecified atom stereocenters. The van der Waals surface area contributed by atoms with Crippen molar-refractivity contribution in [2.75, 3.05) is 0 Å².